The third-order valence-corrected chi connectivity index (χ3v) is 4.77. The van der Waals surface area contributed by atoms with Crippen molar-refractivity contribution in [3.05, 3.63) is 24.3 Å². The van der Waals surface area contributed by atoms with Gasteiger partial charge in [0.05, 0.1) is 18.4 Å². The quantitative estimate of drug-likeness (QED) is 0.808. The Balaban J connectivity index is 1.60. The standard InChI is InChI=1S/C18H24N2O4/c1-2-24-16-6-4-3-5-15(16)19-17(22)11-18(23)20-12-7-8-13(20)10-14(21)9-12/h3-6,12-14,21H,2,7-11H2,1H3,(H,19,22)/t12-,13+,14?. The van der Waals surface area contributed by atoms with Crippen LogP contribution >= 0.6 is 0 Å². The van der Waals surface area contributed by atoms with Gasteiger partial charge in [-0.2, -0.15) is 0 Å². The summed E-state index contributed by atoms with van der Waals surface area (Å²) in [7, 11) is 0. The first-order valence-electron chi connectivity index (χ1n) is 8.59. The molecule has 2 fully saturated rings. The molecule has 6 nitrogen and oxygen atoms in total. The summed E-state index contributed by atoms with van der Waals surface area (Å²) in [6.07, 6.45) is 2.58. The van der Waals surface area contributed by atoms with E-state index >= 15 is 0 Å². The average Bonchev–Trinajstić information content (AvgIpc) is 2.81. The highest BCUT2D eigenvalue weighted by atomic mass is 16.5. The number of hydrogen-bond acceptors (Lipinski definition) is 4. The van der Waals surface area contributed by atoms with Crippen LogP contribution in [0.3, 0.4) is 0 Å². The summed E-state index contributed by atoms with van der Waals surface area (Å²) in [5, 5.41) is 12.6. The number of carbonyl (C=O) groups is 2. The van der Waals surface area contributed by atoms with E-state index in [-0.39, 0.29) is 36.4 Å². The van der Waals surface area contributed by atoms with E-state index in [1.165, 1.54) is 0 Å². The molecule has 24 heavy (non-hydrogen) atoms. The van der Waals surface area contributed by atoms with E-state index in [1.54, 1.807) is 12.1 Å². The molecule has 2 aliphatic rings. The molecular formula is C18H24N2O4. The first kappa shape index (κ1) is 16.8. The molecule has 2 heterocycles. The van der Waals surface area contributed by atoms with Crippen molar-refractivity contribution in [2.45, 2.75) is 57.2 Å². The number of nitrogens with zero attached hydrogens (tertiary/aromatic N) is 1. The smallest absolute Gasteiger partial charge is 0.233 e. The Hall–Kier alpha value is -2.08. The van der Waals surface area contributed by atoms with Crippen molar-refractivity contribution in [1.29, 1.82) is 0 Å². The molecule has 0 saturated carbocycles. The monoisotopic (exact) mass is 332 g/mol. The van der Waals surface area contributed by atoms with Crippen LogP contribution in [0.15, 0.2) is 24.3 Å². The van der Waals surface area contributed by atoms with Crippen molar-refractivity contribution < 1.29 is 19.4 Å². The lowest BCUT2D eigenvalue weighted by Crippen LogP contribution is -2.48. The van der Waals surface area contributed by atoms with Gasteiger partial charge in [-0.1, -0.05) is 12.1 Å². The topological polar surface area (TPSA) is 78.9 Å². The van der Waals surface area contributed by atoms with Gasteiger partial charge in [-0.25, -0.2) is 0 Å². The van der Waals surface area contributed by atoms with Crippen molar-refractivity contribution in [2.75, 3.05) is 11.9 Å². The molecule has 130 valence electrons. The fourth-order valence-corrected chi connectivity index (χ4v) is 3.83. The number of aliphatic hydroxyl groups excluding tert-OH is 1. The third kappa shape index (κ3) is 3.53. The highest BCUT2D eigenvalue weighted by Crippen LogP contribution is 2.36. The maximum atomic E-state index is 12.5. The Morgan fingerprint density at radius 1 is 1.25 bits per heavy atom. The van der Waals surface area contributed by atoms with Gasteiger partial charge in [0.15, 0.2) is 0 Å². The molecule has 2 amide bonds. The highest BCUT2D eigenvalue weighted by molar-refractivity contribution is 6.04. The van der Waals surface area contributed by atoms with Gasteiger partial charge in [0.2, 0.25) is 11.8 Å². The SMILES string of the molecule is CCOc1ccccc1NC(=O)CC(=O)N1[C@@H]2CC[C@H]1CC(O)C2. The lowest BCUT2D eigenvalue weighted by atomic mass is 9.99. The summed E-state index contributed by atoms with van der Waals surface area (Å²) in [5.41, 5.74) is 0.578. The molecule has 0 aliphatic carbocycles. The van der Waals surface area contributed by atoms with Crippen molar-refractivity contribution in [1.82, 2.24) is 4.90 Å². The van der Waals surface area contributed by atoms with Crippen LogP contribution in [0.5, 0.6) is 5.75 Å². The third-order valence-electron chi connectivity index (χ3n) is 4.77. The molecule has 1 aromatic carbocycles. The van der Waals surface area contributed by atoms with Crippen LogP contribution in [-0.2, 0) is 9.59 Å². The molecule has 2 saturated heterocycles. The predicted octanol–water partition coefficient (Wildman–Crippen LogP) is 1.93. The van der Waals surface area contributed by atoms with E-state index in [9.17, 15) is 14.7 Å². The van der Waals surface area contributed by atoms with E-state index in [1.807, 2.05) is 24.0 Å². The second kappa shape index (κ2) is 7.21. The van der Waals surface area contributed by atoms with E-state index in [0.29, 0.717) is 30.9 Å². The van der Waals surface area contributed by atoms with Gasteiger partial charge < -0.3 is 20.1 Å². The fourth-order valence-electron chi connectivity index (χ4n) is 3.83. The van der Waals surface area contributed by atoms with Crippen LogP contribution in [0.25, 0.3) is 0 Å². The molecule has 0 aromatic heterocycles. The van der Waals surface area contributed by atoms with E-state index in [2.05, 4.69) is 5.32 Å². The van der Waals surface area contributed by atoms with Crippen LogP contribution in [0.2, 0.25) is 0 Å². The number of para-hydroxylation sites is 2. The number of aliphatic hydroxyl groups is 1. The minimum Gasteiger partial charge on any atom is -0.492 e. The van der Waals surface area contributed by atoms with Crippen LogP contribution in [0, 0.1) is 0 Å². The summed E-state index contributed by atoms with van der Waals surface area (Å²) >= 11 is 0. The molecule has 3 atom stereocenters. The zero-order valence-electron chi connectivity index (χ0n) is 13.9. The van der Waals surface area contributed by atoms with Gasteiger partial charge in [-0.05, 0) is 44.7 Å². The molecule has 1 aromatic rings. The molecule has 6 heteroatoms. The summed E-state index contributed by atoms with van der Waals surface area (Å²) in [5.74, 6) is 0.112. The number of piperidine rings is 1. The molecule has 2 N–H and O–H groups in total. The Bertz CT molecular complexity index is 605. The van der Waals surface area contributed by atoms with Gasteiger partial charge in [-0.3, -0.25) is 9.59 Å². The molecule has 1 unspecified atom stereocenters. The molecule has 0 spiro atoms. The summed E-state index contributed by atoms with van der Waals surface area (Å²) in [6, 6.07) is 7.35. The van der Waals surface area contributed by atoms with E-state index in [0.717, 1.165) is 12.8 Å². The molecule has 2 aliphatic heterocycles. The van der Waals surface area contributed by atoms with E-state index in [4.69, 9.17) is 4.74 Å². The van der Waals surface area contributed by atoms with Crippen molar-refractivity contribution in [3.63, 3.8) is 0 Å². The van der Waals surface area contributed by atoms with Crippen molar-refractivity contribution >= 4 is 17.5 Å². The Morgan fingerprint density at radius 2 is 1.92 bits per heavy atom. The Kier molecular flexibility index (Phi) is 5.04. The molecule has 2 bridgehead atoms. The largest absolute Gasteiger partial charge is 0.492 e. The van der Waals surface area contributed by atoms with Gasteiger partial charge >= 0.3 is 0 Å². The van der Waals surface area contributed by atoms with E-state index < -0.39 is 0 Å². The first-order valence-corrected chi connectivity index (χ1v) is 8.59. The summed E-state index contributed by atoms with van der Waals surface area (Å²) < 4.78 is 5.48. The number of hydrogen-bond donors (Lipinski definition) is 2. The van der Waals surface area contributed by atoms with Crippen LogP contribution in [-0.4, -0.2) is 46.6 Å². The van der Waals surface area contributed by atoms with Gasteiger partial charge in [0.1, 0.15) is 12.2 Å². The lowest BCUT2D eigenvalue weighted by Gasteiger charge is -2.37. The number of ether oxygens (including phenoxy) is 1. The van der Waals surface area contributed by atoms with Crippen LogP contribution < -0.4 is 10.1 Å². The number of anilines is 1. The van der Waals surface area contributed by atoms with Crippen LogP contribution in [0.1, 0.15) is 39.0 Å². The minimum atomic E-state index is -0.335. The molecule has 0 radical (unpaired) electrons. The number of rotatable bonds is 5. The van der Waals surface area contributed by atoms with Gasteiger partial charge in [-0.15, -0.1) is 0 Å². The maximum Gasteiger partial charge on any atom is 0.233 e. The number of amides is 2. The van der Waals surface area contributed by atoms with Crippen LogP contribution in [0.4, 0.5) is 5.69 Å². The Labute approximate surface area is 141 Å². The van der Waals surface area contributed by atoms with Crippen molar-refractivity contribution in [3.8, 4) is 5.75 Å². The zero-order valence-corrected chi connectivity index (χ0v) is 13.9. The number of nitrogens with one attached hydrogen (secondary N) is 1. The highest BCUT2D eigenvalue weighted by Gasteiger charge is 2.42. The second-order valence-corrected chi connectivity index (χ2v) is 6.47. The summed E-state index contributed by atoms with van der Waals surface area (Å²) in [6.45, 7) is 2.38. The van der Waals surface area contributed by atoms with Crippen molar-refractivity contribution in [2.24, 2.45) is 0 Å². The van der Waals surface area contributed by atoms with Gasteiger partial charge in [0.25, 0.3) is 0 Å². The summed E-state index contributed by atoms with van der Waals surface area (Å²) in [4.78, 5) is 26.6. The zero-order chi connectivity index (χ0) is 17.1. The Morgan fingerprint density at radius 3 is 2.58 bits per heavy atom. The number of carbonyl (C=O) groups excluding carboxylic acids is 2. The maximum absolute atomic E-state index is 12.5. The predicted molar refractivity (Wildman–Crippen MR) is 89.8 cm³/mol. The first-order chi connectivity index (χ1) is 11.6. The normalized spacial score (nSPS) is 25.4. The number of benzene rings is 1. The molecular weight excluding hydrogens is 308 g/mol. The average molecular weight is 332 g/mol. The number of fused-ring (bicyclic) bond motifs is 2. The lowest BCUT2D eigenvalue weighted by molar-refractivity contribution is -0.139. The van der Waals surface area contributed by atoms with Gasteiger partial charge in [0, 0.05) is 12.1 Å². The second-order valence-electron chi connectivity index (χ2n) is 6.47. The minimum absolute atomic E-state index is 0.0785. The fraction of sp³-hybridized carbons (Fsp3) is 0.556. The molecule has 3 rings (SSSR count).